The van der Waals surface area contributed by atoms with Gasteiger partial charge in [0.05, 0.1) is 12.1 Å². The molecule has 1 aromatic carbocycles. The van der Waals surface area contributed by atoms with Crippen molar-refractivity contribution in [3.05, 3.63) is 36.0 Å². The topological polar surface area (TPSA) is 134 Å². The number of aromatic nitrogens is 1. The molecule has 2 amide bonds. The van der Waals surface area contributed by atoms with E-state index in [0.29, 0.717) is 6.42 Å². The van der Waals surface area contributed by atoms with E-state index in [4.69, 9.17) is 11.5 Å². The number of fused-ring (bicyclic) bond motifs is 1. The predicted octanol–water partition coefficient (Wildman–Crippen LogP) is -0.611. The SMILES string of the molecule is C[C@@H](O)[C@H](NC(=O)[C@@H](N)Cc1c[nH]c2ccccc12)C(N)=O. The molecule has 0 radical (unpaired) electrons. The third-order valence-corrected chi connectivity index (χ3v) is 3.54. The number of aromatic amines is 1. The molecule has 0 aliphatic carbocycles. The Kier molecular flexibility index (Phi) is 4.79. The summed E-state index contributed by atoms with van der Waals surface area (Å²) in [5, 5.41) is 12.8. The molecule has 1 heterocycles. The van der Waals surface area contributed by atoms with E-state index in [1.54, 1.807) is 6.20 Å². The van der Waals surface area contributed by atoms with Crippen molar-refractivity contribution in [2.24, 2.45) is 11.5 Å². The summed E-state index contributed by atoms with van der Waals surface area (Å²) in [6.07, 6.45) is 1.03. The van der Waals surface area contributed by atoms with Crippen LogP contribution in [0.1, 0.15) is 12.5 Å². The van der Waals surface area contributed by atoms with Gasteiger partial charge in [-0.15, -0.1) is 0 Å². The van der Waals surface area contributed by atoms with E-state index < -0.39 is 30.0 Å². The minimum atomic E-state index is -1.15. The Morgan fingerprint density at radius 3 is 2.68 bits per heavy atom. The highest BCUT2D eigenvalue weighted by molar-refractivity contribution is 5.90. The second kappa shape index (κ2) is 6.59. The Bertz CT molecular complexity index is 680. The molecule has 0 aliphatic heterocycles. The highest BCUT2D eigenvalue weighted by Crippen LogP contribution is 2.18. The van der Waals surface area contributed by atoms with Crippen LogP contribution in [0.25, 0.3) is 10.9 Å². The first-order valence-electron chi connectivity index (χ1n) is 6.98. The summed E-state index contributed by atoms with van der Waals surface area (Å²) in [4.78, 5) is 26.4. The number of aliphatic hydroxyl groups is 1. The van der Waals surface area contributed by atoms with Crippen molar-refractivity contribution < 1.29 is 14.7 Å². The van der Waals surface area contributed by atoms with Crippen LogP contribution in [0.15, 0.2) is 30.5 Å². The Morgan fingerprint density at radius 2 is 2.05 bits per heavy atom. The smallest absolute Gasteiger partial charge is 0.242 e. The van der Waals surface area contributed by atoms with Gasteiger partial charge in [-0.1, -0.05) is 18.2 Å². The molecule has 0 aliphatic rings. The minimum Gasteiger partial charge on any atom is -0.391 e. The number of para-hydroxylation sites is 1. The van der Waals surface area contributed by atoms with E-state index in [2.05, 4.69) is 10.3 Å². The summed E-state index contributed by atoms with van der Waals surface area (Å²) in [5.74, 6) is -1.34. The zero-order valence-corrected chi connectivity index (χ0v) is 12.2. The van der Waals surface area contributed by atoms with Gasteiger partial charge in [0.15, 0.2) is 0 Å². The van der Waals surface area contributed by atoms with Gasteiger partial charge in [-0.05, 0) is 25.0 Å². The maximum Gasteiger partial charge on any atom is 0.242 e. The van der Waals surface area contributed by atoms with Crippen molar-refractivity contribution in [3.63, 3.8) is 0 Å². The number of benzene rings is 1. The van der Waals surface area contributed by atoms with Crippen molar-refractivity contribution in [1.82, 2.24) is 10.3 Å². The van der Waals surface area contributed by atoms with Crippen molar-refractivity contribution in [2.45, 2.75) is 31.5 Å². The summed E-state index contributed by atoms with van der Waals surface area (Å²) in [5.41, 5.74) is 12.9. The Labute approximate surface area is 127 Å². The highest BCUT2D eigenvalue weighted by Gasteiger charge is 2.26. The van der Waals surface area contributed by atoms with Crippen LogP contribution in [0.2, 0.25) is 0 Å². The van der Waals surface area contributed by atoms with E-state index in [0.717, 1.165) is 16.5 Å². The molecule has 0 unspecified atom stereocenters. The first-order valence-corrected chi connectivity index (χ1v) is 6.98. The lowest BCUT2D eigenvalue weighted by Crippen LogP contribution is -2.55. The summed E-state index contributed by atoms with van der Waals surface area (Å²) in [6, 6.07) is 5.69. The molecule has 3 atom stereocenters. The van der Waals surface area contributed by atoms with Crippen LogP contribution in [0.3, 0.4) is 0 Å². The molecule has 2 aromatic rings. The number of hydrogen-bond donors (Lipinski definition) is 5. The number of primary amides is 1. The number of aliphatic hydroxyl groups excluding tert-OH is 1. The minimum absolute atomic E-state index is 0.307. The molecular formula is C15H20N4O3. The normalized spacial score (nSPS) is 15.2. The molecule has 7 N–H and O–H groups in total. The monoisotopic (exact) mass is 304 g/mol. The molecule has 1 aromatic heterocycles. The van der Waals surface area contributed by atoms with Gasteiger partial charge in [0.1, 0.15) is 6.04 Å². The quantitative estimate of drug-likeness (QED) is 0.486. The van der Waals surface area contributed by atoms with Gasteiger partial charge < -0.3 is 26.9 Å². The highest BCUT2D eigenvalue weighted by atomic mass is 16.3. The molecule has 0 fully saturated rings. The van der Waals surface area contributed by atoms with Crippen molar-refractivity contribution in [1.29, 1.82) is 0 Å². The zero-order valence-electron chi connectivity index (χ0n) is 12.2. The first-order chi connectivity index (χ1) is 10.4. The van der Waals surface area contributed by atoms with Crippen LogP contribution in [-0.4, -0.2) is 40.1 Å². The fraction of sp³-hybridized carbons (Fsp3) is 0.333. The predicted molar refractivity (Wildman–Crippen MR) is 82.8 cm³/mol. The Balaban J connectivity index is 2.06. The van der Waals surface area contributed by atoms with Crippen LogP contribution >= 0.6 is 0 Å². The molecule has 118 valence electrons. The molecular weight excluding hydrogens is 284 g/mol. The number of rotatable bonds is 6. The van der Waals surface area contributed by atoms with Crippen molar-refractivity contribution in [3.8, 4) is 0 Å². The lowest BCUT2D eigenvalue weighted by Gasteiger charge is -2.20. The Hall–Kier alpha value is -2.38. The number of carbonyl (C=O) groups is 2. The molecule has 0 saturated heterocycles. The standard InChI is InChI=1S/C15H20N4O3/c1-8(20)13(14(17)21)19-15(22)11(16)6-9-7-18-12-5-3-2-4-10(9)12/h2-5,7-8,11,13,18,20H,6,16H2,1H3,(H2,17,21)(H,19,22)/t8-,11+,13+/m1/s1. The van der Waals surface area contributed by atoms with Crippen LogP contribution in [0, 0.1) is 0 Å². The molecule has 0 spiro atoms. The second-order valence-electron chi connectivity index (χ2n) is 5.30. The molecule has 0 bridgehead atoms. The number of amides is 2. The van der Waals surface area contributed by atoms with Gasteiger partial charge in [-0.25, -0.2) is 0 Å². The van der Waals surface area contributed by atoms with Crippen molar-refractivity contribution in [2.75, 3.05) is 0 Å². The number of hydrogen-bond acceptors (Lipinski definition) is 4. The fourth-order valence-corrected chi connectivity index (χ4v) is 2.32. The molecule has 22 heavy (non-hydrogen) atoms. The molecule has 2 rings (SSSR count). The van der Waals surface area contributed by atoms with E-state index in [-0.39, 0.29) is 0 Å². The van der Waals surface area contributed by atoms with Gasteiger partial charge in [0.2, 0.25) is 11.8 Å². The lowest BCUT2D eigenvalue weighted by molar-refractivity contribution is -0.130. The number of carbonyl (C=O) groups excluding carboxylic acids is 2. The summed E-state index contributed by atoms with van der Waals surface area (Å²) < 4.78 is 0. The lowest BCUT2D eigenvalue weighted by atomic mass is 10.0. The third kappa shape index (κ3) is 3.44. The van der Waals surface area contributed by atoms with Gasteiger partial charge in [0.25, 0.3) is 0 Å². The van der Waals surface area contributed by atoms with Gasteiger partial charge in [-0.3, -0.25) is 9.59 Å². The van der Waals surface area contributed by atoms with Gasteiger partial charge >= 0.3 is 0 Å². The molecule has 7 nitrogen and oxygen atoms in total. The van der Waals surface area contributed by atoms with Crippen LogP contribution in [0.4, 0.5) is 0 Å². The fourth-order valence-electron chi connectivity index (χ4n) is 2.32. The Morgan fingerprint density at radius 1 is 1.36 bits per heavy atom. The van der Waals surface area contributed by atoms with Crippen molar-refractivity contribution >= 4 is 22.7 Å². The molecule has 7 heteroatoms. The maximum atomic E-state index is 12.1. The number of nitrogens with two attached hydrogens (primary N) is 2. The van der Waals surface area contributed by atoms with E-state index in [9.17, 15) is 14.7 Å². The number of H-pyrrole nitrogens is 1. The number of nitrogens with one attached hydrogen (secondary N) is 2. The average Bonchev–Trinajstić information content (AvgIpc) is 2.87. The van der Waals surface area contributed by atoms with E-state index >= 15 is 0 Å². The molecule has 0 saturated carbocycles. The maximum absolute atomic E-state index is 12.1. The zero-order chi connectivity index (χ0) is 16.3. The van der Waals surface area contributed by atoms with E-state index in [1.165, 1.54) is 6.92 Å². The summed E-state index contributed by atoms with van der Waals surface area (Å²) in [7, 11) is 0. The first kappa shape index (κ1) is 16.0. The van der Waals surface area contributed by atoms with Crippen LogP contribution in [-0.2, 0) is 16.0 Å². The van der Waals surface area contributed by atoms with Gasteiger partial charge in [0, 0.05) is 17.1 Å². The third-order valence-electron chi connectivity index (χ3n) is 3.54. The average molecular weight is 304 g/mol. The van der Waals surface area contributed by atoms with E-state index in [1.807, 2.05) is 24.3 Å². The second-order valence-corrected chi connectivity index (χ2v) is 5.30. The van der Waals surface area contributed by atoms with Crippen LogP contribution < -0.4 is 16.8 Å². The van der Waals surface area contributed by atoms with Gasteiger partial charge in [-0.2, -0.15) is 0 Å². The summed E-state index contributed by atoms with van der Waals surface area (Å²) in [6.45, 7) is 1.38. The largest absolute Gasteiger partial charge is 0.391 e. The summed E-state index contributed by atoms with van der Waals surface area (Å²) >= 11 is 0. The van der Waals surface area contributed by atoms with Crippen LogP contribution in [0.5, 0.6) is 0 Å².